The Labute approximate surface area is 115 Å². The Morgan fingerprint density at radius 3 is 2.84 bits per heavy atom. The third-order valence-corrected chi connectivity index (χ3v) is 3.72. The van der Waals surface area contributed by atoms with Crippen LogP contribution in [0.1, 0.15) is 30.5 Å². The van der Waals surface area contributed by atoms with Crippen molar-refractivity contribution in [2.75, 3.05) is 32.1 Å². The van der Waals surface area contributed by atoms with Gasteiger partial charge in [-0.1, -0.05) is 12.1 Å². The molecule has 2 rings (SSSR count). The van der Waals surface area contributed by atoms with Gasteiger partial charge in [0.1, 0.15) is 0 Å². The molecule has 1 amide bonds. The van der Waals surface area contributed by atoms with Crippen LogP contribution in [0.5, 0.6) is 0 Å². The number of nitrogens with zero attached hydrogens (tertiary/aromatic N) is 2. The van der Waals surface area contributed by atoms with Gasteiger partial charge in [0.25, 0.3) is 0 Å². The molecular weight excluding hydrogens is 238 g/mol. The standard InChI is InChI=1S/C15H23N3O/c1-11(16)12-4-5-14-13(10-12)6-8-18(14)9-7-15(19)17(2)3/h4-5,10-11H,6-9,16H2,1-3H3. The van der Waals surface area contributed by atoms with Gasteiger partial charge in [-0.2, -0.15) is 0 Å². The zero-order valence-electron chi connectivity index (χ0n) is 12.0. The van der Waals surface area contributed by atoms with Gasteiger partial charge in [0, 0.05) is 45.3 Å². The summed E-state index contributed by atoms with van der Waals surface area (Å²) >= 11 is 0. The lowest BCUT2D eigenvalue weighted by atomic mass is 10.0. The molecule has 0 aliphatic carbocycles. The van der Waals surface area contributed by atoms with E-state index in [2.05, 4.69) is 23.1 Å². The Bertz CT molecular complexity index is 468. The summed E-state index contributed by atoms with van der Waals surface area (Å²) in [5.74, 6) is 0.181. The van der Waals surface area contributed by atoms with Gasteiger partial charge in [-0.15, -0.1) is 0 Å². The van der Waals surface area contributed by atoms with Crippen LogP contribution < -0.4 is 10.6 Å². The largest absolute Gasteiger partial charge is 0.370 e. The minimum absolute atomic E-state index is 0.0784. The average molecular weight is 261 g/mol. The summed E-state index contributed by atoms with van der Waals surface area (Å²) in [6.45, 7) is 3.80. The molecule has 0 radical (unpaired) electrons. The summed E-state index contributed by atoms with van der Waals surface area (Å²) in [5, 5.41) is 0. The van der Waals surface area contributed by atoms with Gasteiger partial charge in [-0.3, -0.25) is 4.79 Å². The number of nitrogens with two attached hydrogens (primary N) is 1. The third kappa shape index (κ3) is 3.07. The molecule has 0 saturated heterocycles. The van der Waals surface area contributed by atoms with Gasteiger partial charge in [-0.25, -0.2) is 0 Å². The number of benzene rings is 1. The summed E-state index contributed by atoms with van der Waals surface area (Å²) in [5.41, 5.74) is 9.71. The summed E-state index contributed by atoms with van der Waals surface area (Å²) in [6, 6.07) is 6.51. The average Bonchev–Trinajstić information content (AvgIpc) is 2.77. The van der Waals surface area contributed by atoms with Crippen molar-refractivity contribution in [3.8, 4) is 0 Å². The number of carbonyl (C=O) groups is 1. The Balaban J connectivity index is 2.04. The molecule has 1 atom stereocenters. The molecule has 0 spiro atoms. The highest BCUT2D eigenvalue weighted by atomic mass is 16.2. The highest BCUT2D eigenvalue weighted by molar-refractivity contribution is 5.76. The Morgan fingerprint density at radius 2 is 2.21 bits per heavy atom. The quantitative estimate of drug-likeness (QED) is 0.894. The number of carbonyl (C=O) groups excluding carboxylic acids is 1. The normalized spacial score (nSPS) is 15.3. The second-order valence-electron chi connectivity index (χ2n) is 5.45. The molecule has 1 heterocycles. The molecule has 1 aliphatic heterocycles. The minimum atomic E-state index is 0.0784. The van der Waals surface area contributed by atoms with Gasteiger partial charge in [0.05, 0.1) is 0 Å². The number of hydrogen-bond donors (Lipinski definition) is 1. The van der Waals surface area contributed by atoms with Crippen LogP contribution in [0.4, 0.5) is 5.69 Å². The van der Waals surface area contributed by atoms with Crippen molar-refractivity contribution in [3.05, 3.63) is 29.3 Å². The van der Waals surface area contributed by atoms with Crippen molar-refractivity contribution in [2.24, 2.45) is 5.73 Å². The lowest BCUT2D eigenvalue weighted by Crippen LogP contribution is -2.29. The van der Waals surface area contributed by atoms with E-state index < -0.39 is 0 Å². The molecule has 1 aromatic carbocycles. The Morgan fingerprint density at radius 1 is 1.47 bits per heavy atom. The fourth-order valence-electron chi connectivity index (χ4n) is 2.46. The van der Waals surface area contributed by atoms with Crippen molar-refractivity contribution >= 4 is 11.6 Å². The molecule has 19 heavy (non-hydrogen) atoms. The van der Waals surface area contributed by atoms with Gasteiger partial charge in [-0.05, 0) is 30.5 Å². The number of hydrogen-bond acceptors (Lipinski definition) is 3. The number of rotatable bonds is 4. The maximum Gasteiger partial charge on any atom is 0.223 e. The van der Waals surface area contributed by atoms with Crippen molar-refractivity contribution in [2.45, 2.75) is 25.8 Å². The Kier molecular flexibility index (Phi) is 4.10. The van der Waals surface area contributed by atoms with E-state index in [0.29, 0.717) is 6.42 Å². The van der Waals surface area contributed by atoms with E-state index >= 15 is 0 Å². The monoisotopic (exact) mass is 261 g/mol. The van der Waals surface area contributed by atoms with Crippen LogP contribution in [0.2, 0.25) is 0 Å². The molecule has 1 unspecified atom stereocenters. The summed E-state index contributed by atoms with van der Waals surface area (Å²) in [4.78, 5) is 15.6. The van der Waals surface area contributed by atoms with Gasteiger partial charge in [0.2, 0.25) is 5.91 Å². The molecule has 0 fully saturated rings. The van der Waals surface area contributed by atoms with E-state index in [1.165, 1.54) is 16.8 Å². The van der Waals surface area contributed by atoms with Crippen LogP contribution in [-0.4, -0.2) is 38.0 Å². The zero-order valence-corrected chi connectivity index (χ0v) is 12.0. The van der Waals surface area contributed by atoms with E-state index in [-0.39, 0.29) is 11.9 Å². The van der Waals surface area contributed by atoms with Crippen molar-refractivity contribution < 1.29 is 4.79 Å². The van der Waals surface area contributed by atoms with Gasteiger partial charge >= 0.3 is 0 Å². The van der Waals surface area contributed by atoms with Crippen molar-refractivity contribution in [1.29, 1.82) is 0 Å². The molecule has 4 nitrogen and oxygen atoms in total. The number of anilines is 1. The van der Waals surface area contributed by atoms with E-state index in [9.17, 15) is 4.79 Å². The van der Waals surface area contributed by atoms with Crippen LogP contribution >= 0.6 is 0 Å². The van der Waals surface area contributed by atoms with Crippen molar-refractivity contribution in [3.63, 3.8) is 0 Å². The minimum Gasteiger partial charge on any atom is -0.370 e. The SMILES string of the molecule is CC(N)c1ccc2c(c1)CCN2CCC(=O)N(C)C. The molecule has 2 N–H and O–H groups in total. The fraction of sp³-hybridized carbons (Fsp3) is 0.533. The first kappa shape index (κ1) is 13.9. The molecule has 0 aromatic heterocycles. The van der Waals surface area contributed by atoms with E-state index in [1.807, 2.05) is 6.92 Å². The van der Waals surface area contributed by atoms with E-state index in [4.69, 9.17) is 5.73 Å². The molecule has 1 aromatic rings. The maximum absolute atomic E-state index is 11.6. The molecule has 0 bridgehead atoms. The first-order valence-corrected chi connectivity index (χ1v) is 6.82. The van der Waals surface area contributed by atoms with E-state index in [1.54, 1.807) is 19.0 Å². The predicted octanol–water partition coefficient (Wildman–Crippen LogP) is 1.55. The molecule has 4 heteroatoms. The van der Waals surface area contributed by atoms with Crippen LogP contribution in [-0.2, 0) is 11.2 Å². The highest BCUT2D eigenvalue weighted by Gasteiger charge is 2.20. The fourth-order valence-corrected chi connectivity index (χ4v) is 2.46. The number of amides is 1. The topological polar surface area (TPSA) is 49.6 Å². The zero-order chi connectivity index (χ0) is 14.0. The first-order chi connectivity index (χ1) is 8.99. The highest BCUT2D eigenvalue weighted by Crippen LogP contribution is 2.30. The lowest BCUT2D eigenvalue weighted by Gasteiger charge is -2.20. The molecule has 0 saturated carbocycles. The van der Waals surface area contributed by atoms with E-state index in [0.717, 1.165) is 19.5 Å². The molecule has 1 aliphatic rings. The molecular formula is C15H23N3O. The van der Waals surface area contributed by atoms with Crippen LogP contribution in [0.3, 0.4) is 0 Å². The van der Waals surface area contributed by atoms with Crippen molar-refractivity contribution in [1.82, 2.24) is 4.90 Å². The number of fused-ring (bicyclic) bond motifs is 1. The Hall–Kier alpha value is -1.55. The summed E-state index contributed by atoms with van der Waals surface area (Å²) in [7, 11) is 3.60. The summed E-state index contributed by atoms with van der Waals surface area (Å²) < 4.78 is 0. The summed E-state index contributed by atoms with van der Waals surface area (Å²) in [6.07, 6.45) is 1.62. The van der Waals surface area contributed by atoms with Crippen LogP contribution in [0, 0.1) is 0 Å². The first-order valence-electron chi connectivity index (χ1n) is 6.82. The van der Waals surface area contributed by atoms with Crippen LogP contribution in [0.25, 0.3) is 0 Å². The van der Waals surface area contributed by atoms with Crippen LogP contribution in [0.15, 0.2) is 18.2 Å². The predicted molar refractivity (Wildman–Crippen MR) is 78.3 cm³/mol. The second-order valence-corrected chi connectivity index (χ2v) is 5.45. The van der Waals surface area contributed by atoms with Gasteiger partial charge in [0.15, 0.2) is 0 Å². The third-order valence-electron chi connectivity index (χ3n) is 3.72. The smallest absolute Gasteiger partial charge is 0.223 e. The second kappa shape index (κ2) is 5.61. The lowest BCUT2D eigenvalue weighted by molar-refractivity contribution is -0.128. The van der Waals surface area contributed by atoms with Gasteiger partial charge < -0.3 is 15.5 Å². The molecule has 104 valence electrons. The maximum atomic E-state index is 11.6.